The Kier molecular flexibility index (Phi) is 3.35. The van der Waals surface area contributed by atoms with E-state index in [1.165, 1.54) is 0 Å². The zero-order valence-electron chi connectivity index (χ0n) is 8.62. The van der Waals surface area contributed by atoms with Crippen LogP contribution in [0.3, 0.4) is 0 Å². The summed E-state index contributed by atoms with van der Waals surface area (Å²) in [5.74, 6) is 0. The SMILES string of the molecule is CC.Nc1cccc2c(N)cccc12. The lowest BCUT2D eigenvalue weighted by Gasteiger charge is -2.03. The Balaban J connectivity index is 0.000000461. The van der Waals surface area contributed by atoms with Gasteiger partial charge in [0.25, 0.3) is 0 Å². The maximum Gasteiger partial charge on any atom is 0.0394 e. The van der Waals surface area contributed by atoms with Crippen molar-refractivity contribution in [3.8, 4) is 0 Å². The summed E-state index contributed by atoms with van der Waals surface area (Å²) in [5, 5.41) is 2.05. The van der Waals surface area contributed by atoms with Crippen molar-refractivity contribution in [3.05, 3.63) is 36.4 Å². The van der Waals surface area contributed by atoms with Crippen LogP contribution in [0.1, 0.15) is 13.8 Å². The van der Waals surface area contributed by atoms with E-state index < -0.39 is 0 Å². The van der Waals surface area contributed by atoms with Gasteiger partial charge in [0.1, 0.15) is 0 Å². The van der Waals surface area contributed by atoms with Crippen LogP contribution in [-0.4, -0.2) is 0 Å². The molecule has 2 aromatic carbocycles. The van der Waals surface area contributed by atoms with Gasteiger partial charge >= 0.3 is 0 Å². The molecule has 0 bridgehead atoms. The highest BCUT2D eigenvalue weighted by Crippen LogP contribution is 2.24. The molecule has 0 spiro atoms. The van der Waals surface area contributed by atoms with E-state index in [0.717, 1.165) is 22.1 Å². The van der Waals surface area contributed by atoms with Crippen molar-refractivity contribution < 1.29 is 0 Å². The number of rotatable bonds is 0. The topological polar surface area (TPSA) is 52.0 Å². The monoisotopic (exact) mass is 188 g/mol. The summed E-state index contributed by atoms with van der Waals surface area (Å²) in [6.45, 7) is 4.00. The third-order valence-corrected chi connectivity index (χ3v) is 1.99. The van der Waals surface area contributed by atoms with E-state index in [1.807, 2.05) is 50.2 Å². The number of nitrogen functional groups attached to an aromatic ring is 2. The van der Waals surface area contributed by atoms with Gasteiger partial charge < -0.3 is 11.5 Å². The van der Waals surface area contributed by atoms with Gasteiger partial charge in [-0.2, -0.15) is 0 Å². The first-order valence-electron chi connectivity index (χ1n) is 4.82. The minimum Gasteiger partial charge on any atom is -0.398 e. The van der Waals surface area contributed by atoms with Crippen LogP contribution >= 0.6 is 0 Å². The molecular weight excluding hydrogens is 172 g/mol. The molecule has 0 fully saturated rings. The fourth-order valence-electron chi connectivity index (χ4n) is 1.36. The van der Waals surface area contributed by atoms with E-state index in [1.54, 1.807) is 0 Å². The van der Waals surface area contributed by atoms with Gasteiger partial charge in [-0.25, -0.2) is 0 Å². The molecule has 4 N–H and O–H groups in total. The molecule has 2 nitrogen and oxygen atoms in total. The van der Waals surface area contributed by atoms with Gasteiger partial charge in [0, 0.05) is 22.1 Å². The smallest absolute Gasteiger partial charge is 0.0394 e. The second kappa shape index (κ2) is 4.51. The molecule has 0 amide bonds. The summed E-state index contributed by atoms with van der Waals surface area (Å²) >= 11 is 0. The van der Waals surface area contributed by atoms with Crippen molar-refractivity contribution in [1.82, 2.24) is 0 Å². The standard InChI is InChI=1S/C10H10N2.C2H6/c11-9-5-1-3-7-8(9)4-2-6-10(7)12;1-2/h1-6H,11-12H2;1-2H3. The molecule has 0 aromatic heterocycles. The number of benzene rings is 2. The van der Waals surface area contributed by atoms with E-state index >= 15 is 0 Å². The molecule has 0 atom stereocenters. The van der Waals surface area contributed by atoms with Gasteiger partial charge in [0.05, 0.1) is 0 Å². The number of anilines is 2. The predicted octanol–water partition coefficient (Wildman–Crippen LogP) is 3.03. The lowest BCUT2D eigenvalue weighted by atomic mass is 10.1. The Hall–Kier alpha value is -1.70. The molecule has 2 rings (SSSR count). The highest BCUT2D eigenvalue weighted by atomic mass is 14.6. The van der Waals surface area contributed by atoms with Gasteiger partial charge in [-0.15, -0.1) is 0 Å². The van der Waals surface area contributed by atoms with E-state index in [2.05, 4.69) is 0 Å². The Morgan fingerprint density at radius 3 is 1.43 bits per heavy atom. The second-order valence-corrected chi connectivity index (χ2v) is 2.79. The number of nitrogens with two attached hydrogens (primary N) is 2. The fraction of sp³-hybridized carbons (Fsp3) is 0.167. The van der Waals surface area contributed by atoms with Gasteiger partial charge in [-0.1, -0.05) is 38.1 Å². The van der Waals surface area contributed by atoms with Crippen LogP contribution in [0.15, 0.2) is 36.4 Å². The Labute approximate surface area is 84.5 Å². The van der Waals surface area contributed by atoms with Crippen molar-refractivity contribution in [2.24, 2.45) is 0 Å². The zero-order chi connectivity index (χ0) is 10.6. The Morgan fingerprint density at radius 2 is 1.07 bits per heavy atom. The summed E-state index contributed by atoms with van der Waals surface area (Å²) in [6.07, 6.45) is 0. The molecule has 0 saturated heterocycles. The van der Waals surface area contributed by atoms with Gasteiger partial charge in [0.15, 0.2) is 0 Å². The fourth-order valence-corrected chi connectivity index (χ4v) is 1.36. The van der Waals surface area contributed by atoms with Gasteiger partial charge in [0.2, 0.25) is 0 Å². The molecule has 0 unspecified atom stereocenters. The molecule has 74 valence electrons. The summed E-state index contributed by atoms with van der Waals surface area (Å²) in [4.78, 5) is 0. The van der Waals surface area contributed by atoms with Crippen LogP contribution in [0, 0.1) is 0 Å². The molecule has 0 aliphatic heterocycles. The molecule has 2 heteroatoms. The minimum atomic E-state index is 0.778. The molecule has 0 saturated carbocycles. The summed E-state index contributed by atoms with van der Waals surface area (Å²) in [6, 6.07) is 11.5. The molecular formula is C12H16N2. The average Bonchev–Trinajstić information content (AvgIpc) is 2.23. The first-order chi connectivity index (χ1) is 6.79. The third-order valence-electron chi connectivity index (χ3n) is 1.99. The van der Waals surface area contributed by atoms with E-state index in [4.69, 9.17) is 11.5 Å². The predicted molar refractivity (Wildman–Crippen MR) is 64.1 cm³/mol. The van der Waals surface area contributed by atoms with Crippen LogP contribution in [0.2, 0.25) is 0 Å². The first kappa shape index (κ1) is 10.4. The highest BCUT2D eigenvalue weighted by molar-refractivity contribution is 5.99. The number of hydrogen-bond donors (Lipinski definition) is 2. The summed E-state index contributed by atoms with van der Waals surface area (Å²) in [5.41, 5.74) is 13.1. The molecule has 2 aromatic rings. The normalized spacial score (nSPS) is 9.29. The van der Waals surface area contributed by atoms with Crippen LogP contribution < -0.4 is 11.5 Å². The van der Waals surface area contributed by atoms with Crippen molar-refractivity contribution in [2.45, 2.75) is 13.8 Å². The van der Waals surface area contributed by atoms with Crippen molar-refractivity contribution in [1.29, 1.82) is 0 Å². The van der Waals surface area contributed by atoms with Crippen molar-refractivity contribution in [2.75, 3.05) is 11.5 Å². The maximum absolute atomic E-state index is 5.77. The highest BCUT2D eigenvalue weighted by Gasteiger charge is 1.98. The zero-order valence-corrected chi connectivity index (χ0v) is 8.62. The first-order valence-corrected chi connectivity index (χ1v) is 4.82. The van der Waals surface area contributed by atoms with Gasteiger partial charge in [-0.05, 0) is 12.1 Å². The summed E-state index contributed by atoms with van der Waals surface area (Å²) < 4.78 is 0. The summed E-state index contributed by atoms with van der Waals surface area (Å²) in [7, 11) is 0. The van der Waals surface area contributed by atoms with Crippen LogP contribution in [0.5, 0.6) is 0 Å². The number of hydrogen-bond acceptors (Lipinski definition) is 2. The largest absolute Gasteiger partial charge is 0.398 e. The molecule has 14 heavy (non-hydrogen) atoms. The van der Waals surface area contributed by atoms with Crippen molar-refractivity contribution in [3.63, 3.8) is 0 Å². The molecule has 0 aliphatic rings. The molecule has 0 aliphatic carbocycles. The Morgan fingerprint density at radius 1 is 0.714 bits per heavy atom. The van der Waals surface area contributed by atoms with Gasteiger partial charge in [-0.3, -0.25) is 0 Å². The average molecular weight is 188 g/mol. The quantitative estimate of drug-likeness (QED) is 0.624. The third kappa shape index (κ3) is 1.79. The van der Waals surface area contributed by atoms with E-state index in [-0.39, 0.29) is 0 Å². The van der Waals surface area contributed by atoms with E-state index in [0.29, 0.717) is 0 Å². The van der Waals surface area contributed by atoms with Crippen LogP contribution in [-0.2, 0) is 0 Å². The number of fused-ring (bicyclic) bond motifs is 1. The maximum atomic E-state index is 5.77. The minimum absolute atomic E-state index is 0.778. The second-order valence-electron chi connectivity index (χ2n) is 2.79. The van der Waals surface area contributed by atoms with Crippen LogP contribution in [0.25, 0.3) is 10.8 Å². The van der Waals surface area contributed by atoms with Crippen LogP contribution in [0.4, 0.5) is 11.4 Å². The van der Waals surface area contributed by atoms with E-state index in [9.17, 15) is 0 Å². The molecule has 0 heterocycles. The Bertz CT molecular complexity index is 380. The molecule has 0 radical (unpaired) electrons. The van der Waals surface area contributed by atoms with Crippen molar-refractivity contribution >= 4 is 22.1 Å². The lowest BCUT2D eigenvalue weighted by Crippen LogP contribution is -1.90. The lowest BCUT2D eigenvalue weighted by molar-refractivity contribution is 1.50.